The number of benzene rings is 3. The fourth-order valence-electron chi connectivity index (χ4n) is 3.51. The molecule has 0 fully saturated rings. The average Bonchev–Trinajstić information content (AvgIpc) is 3.24. The van der Waals surface area contributed by atoms with Crippen molar-refractivity contribution in [3.8, 4) is 11.5 Å². The maximum Gasteiger partial charge on any atom is 0.363 e. The van der Waals surface area contributed by atoms with Gasteiger partial charge in [-0.25, -0.2) is 9.79 Å². The lowest BCUT2D eigenvalue weighted by Crippen LogP contribution is -2.07. The molecule has 10 nitrogen and oxygen atoms in total. The van der Waals surface area contributed by atoms with Crippen molar-refractivity contribution in [2.75, 3.05) is 11.9 Å². The van der Waals surface area contributed by atoms with Gasteiger partial charge in [0.25, 0.3) is 5.69 Å². The lowest BCUT2D eigenvalue weighted by atomic mass is 10.1. The van der Waals surface area contributed by atoms with Crippen molar-refractivity contribution < 1.29 is 28.7 Å². The first-order valence-corrected chi connectivity index (χ1v) is 11.4. The molecule has 1 amide bonds. The maximum absolute atomic E-state index is 12.4. The Morgan fingerprint density at radius 1 is 1.08 bits per heavy atom. The zero-order valence-electron chi connectivity index (χ0n) is 20.1. The third kappa shape index (κ3) is 6.37. The Morgan fingerprint density at radius 2 is 1.86 bits per heavy atom. The van der Waals surface area contributed by atoms with Gasteiger partial charge in [-0.3, -0.25) is 14.9 Å². The van der Waals surface area contributed by atoms with Gasteiger partial charge in [-0.05, 0) is 60.5 Å². The highest BCUT2D eigenvalue weighted by molar-refractivity contribution is 6.13. The van der Waals surface area contributed by atoms with Gasteiger partial charge < -0.3 is 19.5 Å². The second kappa shape index (κ2) is 11.2. The maximum atomic E-state index is 12.4. The highest BCUT2D eigenvalue weighted by atomic mass is 16.6. The fourth-order valence-corrected chi connectivity index (χ4v) is 3.51. The molecule has 1 aliphatic heterocycles. The predicted octanol–water partition coefficient (Wildman–Crippen LogP) is 4.88. The van der Waals surface area contributed by atoms with Crippen LogP contribution in [0.3, 0.4) is 0 Å². The lowest BCUT2D eigenvalue weighted by molar-refractivity contribution is -0.384. The van der Waals surface area contributed by atoms with Gasteiger partial charge in [-0.15, -0.1) is 0 Å². The van der Waals surface area contributed by atoms with Gasteiger partial charge in [-0.2, -0.15) is 0 Å². The van der Waals surface area contributed by atoms with Gasteiger partial charge in [0, 0.05) is 30.3 Å². The van der Waals surface area contributed by atoms with E-state index in [0.29, 0.717) is 40.5 Å². The van der Waals surface area contributed by atoms with Crippen molar-refractivity contribution in [3.63, 3.8) is 0 Å². The van der Waals surface area contributed by atoms with E-state index in [9.17, 15) is 19.7 Å². The number of ether oxygens (including phenoxy) is 3. The number of hydrogen-bond acceptors (Lipinski definition) is 8. The third-order valence-electron chi connectivity index (χ3n) is 5.16. The van der Waals surface area contributed by atoms with Crippen molar-refractivity contribution in [2.24, 2.45) is 4.99 Å². The van der Waals surface area contributed by atoms with E-state index in [-0.39, 0.29) is 29.8 Å². The molecule has 0 spiro atoms. The van der Waals surface area contributed by atoms with E-state index in [1.807, 2.05) is 6.92 Å². The molecule has 3 aromatic carbocycles. The molecule has 0 saturated carbocycles. The summed E-state index contributed by atoms with van der Waals surface area (Å²) in [5.41, 5.74) is 2.60. The van der Waals surface area contributed by atoms with Crippen LogP contribution in [0.1, 0.15) is 30.5 Å². The molecule has 0 unspecified atom stereocenters. The number of esters is 1. The number of rotatable bonds is 9. The summed E-state index contributed by atoms with van der Waals surface area (Å²) in [5, 5.41) is 13.7. The van der Waals surface area contributed by atoms with E-state index in [0.717, 1.165) is 0 Å². The first kappa shape index (κ1) is 25.1. The summed E-state index contributed by atoms with van der Waals surface area (Å²) >= 11 is 0. The Balaban J connectivity index is 1.52. The highest BCUT2D eigenvalue weighted by Crippen LogP contribution is 2.31. The van der Waals surface area contributed by atoms with E-state index in [4.69, 9.17) is 14.2 Å². The molecule has 0 radical (unpaired) electrons. The zero-order chi connectivity index (χ0) is 26.4. The van der Waals surface area contributed by atoms with Crippen LogP contribution < -0.4 is 14.8 Å². The van der Waals surface area contributed by atoms with Gasteiger partial charge in [0.15, 0.2) is 17.2 Å². The number of amides is 1. The average molecular weight is 501 g/mol. The number of aliphatic imine (C=N–C) groups is 1. The summed E-state index contributed by atoms with van der Waals surface area (Å²) in [4.78, 5) is 38.5. The van der Waals surface area contributed by atoms with E-state index in [1.165, 1.54) is 19.1 Å². The molecule has 1 N–H and O–H groups in total. The van der Waals surface area contributed by atoms with Gasteiger partial charge in [-0.1, -0.05) is 18.2 Å². The highest BCUT2D eigenvalue weighted by Gasteiger charge is 2.24. The number of carbonyl (C=O) groups is 2. The Kier molecular flexibility index (Phi) is 7.58. The summed E-state index contributed by atoms with van der Waals surface area (Å²) in [6, 6.07) is 18.1. The molecule has 188 valence electrons. The number of nitrogens with zero attached hydrogens (tertiary/aromatic N) is 2. The molecule has 4 rings (SSSR count). The molecule has 10 heteroatoms. The second-order valence-electron chi connectivity index (χ2n) is 7.95. The molecule has 0 bridgehead atoms. The lowest BCUT2D eigenvalue weighted by Gasteiger charge is -2.13. The van der Waals surface area contributed by atoms with Gasteiger partial charge in [0.05, 0.1) is 11.5 Å². The Morgan fingerprint density at radius 3 is 2.57 bits per heavy atom. The van der Waals surface area contributed by atoms with Gasteiger partial charge in [0.2, 0.25) is 11.8 Å². The minimum atomic E-state index is -0.593. The molecular weight excluding hydrogens is 478 g/mol. The van der Waals surface area contributed by atoms with Crippen molar-refractivity contribution in [1.82, 2.24) is 0 Å². The first-order chi connectivity index (χ1) is 17.8. The van der Waals surface area contributed by atoms with Gasteiger partial charge >= 0.3 is 5.97 Å². The molecular formula is C27H23N3O7. The Hall–Kier alpha value is -4.99. The summed E-state index contributed by atoms with van der Waals surface area (Å²) in [6.07, 6.45) is 1.58. The fraction of sp³-hybridized carbons (Fsp3) is 0.148. The van der Waals surface area contributed by atoms with Crippen LogP contribution in [0.2, 0.25) is 0 Å². The molecule has 0 aromatic heterocycles. The van der Waals surface area contributed by atoms with Crippen LogP contribution in [-0.2, 0) is 20.9 Å². The summed E-state index contributed by atoms with van der Waals surface area (Å²) in [6.45, 7) is 3.74. The third-order valence-corrected chi connectivity index (χ3v) is 5.16. The van der Waals surface area contributed by atoms with Crippen molar-refractivity contribution in [3.05, 3.63) is 99.2 Å². The number of nitro benzene ring substituents is 1. The largest absolute Gasteiger partial charge is 0.490 e. The molecule has 1 heterocycles. The number of cyclic esters (lactones) is 1. The summed E-state index contributed by atoms with van der Waals surface area (Å²) in [7, 11) is 0. The summed E-state index contributed by atoms with van der Waals surface area (Å²) in [5.74, 6) is 0.284. The van der Waals surface area contributed by atoms with Crippen molar-refractivity contribution in [2.45, 2.75) is 20.5 Å². The van der Waals surface area contributed by atoms with Gasteiger partial charge in [0.1, 0.15) is 6.61 Å². The monoisotopic (exact) mass is 501 g/mol. The molecule has 1 aliphatic rings. The number of anilines is 1. The normalized spacial score (nSPS) is 13.6. The molecule has 0 atom stereocenters. The molecule has 37 heavy (non-hydrogen) atoms. The number of hydrogen-bond donors (Lipinski definition) is 1. The number of nitrogens with one attached hydrogen (secondary N) is 1. The molecule has 3 aromatic rings. The Labute approximate surface area is 212 Å². The van der Waals surface area contributed by atoms with Crippen LogP contribution in [0.15, 0.2) is 77.4 Å². The van der Waals surface area contributed by atoms with E-state index >= 15 is 0 Å². The standard InChI is InChI=1S/C27H23N3O7/c1-3-35-25-15-18(7-12-24(25)36-16-19-5-4-6-22(13-19)30(33)34)14-23-27(32)37-26(29-23)20-8-10-21(11-9-20)28-17(2)31/h4-15H,3,16H2,1-2H3,(H,28,31)/b23-14-. The van der Waals surface area contributed by atoms with E-state index < -0.39 is 10.9 Å². The number of carbonyl (C=O) groups excluding carboxylic acids is 2. The quantitative estimate of drug-likeness (QED) is 0.192. The zero-order valence-corrected chi connectivity index (χ0v) is 20.1. The van der Waals surface area contributed by atoms with Crippen LogP contribution in [0, 0.1) is 10.1 Å². The summed E-state index contributed by atoms with van der Waals surface area (Å²) < 4.78 is 16.9. The molecule has 0 saturated heterocycles. The predicted molar refractivity (Wildman–Crippen MR) is 136 cm³/mol. The van der Waals surface area contributed by atoms with Crippen molar-refractivity contribution >= 4 is 35.2 Å². The van der Waals surface area contributed by atoms with Crippen LogP contribution in [0.25, 0.3) is 6.08 Å². The van der Waals surface area contributed by atoms with Crippen LogP contribution in [0.4, 0.5) is 11.4 Å². The first-order valence-electron chi connectivity index (χ1n) is 11.4. The topological polar surface area (TPSA) is 129 Å². The van der Waals surface area contributed by atoms with Crippen LogP contribution >= 0.6 is 0 Å². The van der Waals surface area contributed by atoms with Crippen LogP contribution in [-0.4, -0.2) is 29.3 Å². The van der Waals surface area contributed by atoms with E-state index in [1.54, 1.807) is 60.7 Å². The minimum absolute atomic E-state index is 0.0138. The number of non-ortho nitro benzene ring substituents is 1. The van der Waals surface area contributed by atoms with Crippen LogP contribution in [0.5, 0.6) is 11.5 Å². The Bertz CT molecular complexity index is 1410. The minimum Gasteiger partial charge on any atom is -0.490 e. The SMILES string of the molecule is CCOc1cc(/C=C2\N=C(c3ccc(NC(C)=O)cc3)OC2=O)ccc1OCc1cccc([N+](=O)[O-])c1. The van der Waals surface area contributed by atoms with E-state index in [2.05, 4.69) is 10.3 Å². The van der Waals surface area contributed by atoms with Crippen molar-refractivity contribution in [1.29, 1.82) is 0 Å². The molecule has 0 aliphatic carbocycles. The number of nitro groups is 1. The smallest absolute Gasteiger partial charge is 0.363 e. The second-order valence-corrected chi connectivity index (χ2v) is 7.95.